The van der Waals surface area contributed by atoms with E-state index in [0.717, 1.165) is 16.9 Å². The van der Waals surface area contributed by atoms with Crippen molar-refractivity contribution in [2.45, 2.75) is 27.0 Å². The third-order valence-electron chi connectivity index (χ3n) is 4.61. The van der Waals surface area contributed by atoms with E-state index in [4.69, 9.17) is 9.26 Å². The van der Waals surface area contributed by atoms with Gasteiger partial charge in [0.2, 0.25) is 5.95 Å². The summed E-state index contributed by atoms with van der Waals surface area (Å²) in [5, 5.41) is 10.9. The van der Waals surface area contributed by atoms with Crippen LogP contribution in [0, 0.1) is 13.8 Å². The van der Waals surface area contributed by atoms with Gasteiger partial charge < -0.3 is 9.26 Å². The van der Waals surface area contributed by atoms with Crippen LogP contribution in [0.3, 0.4) is 0 Å². The first kappa shape index (κ1) is 19.4. The number of carbonyl (C=O) groups is 1. The van der Waals surface area contributed by atoms with Crippen molar-refractivity contribution in [3.05, 3.63) is 89.1 Å². The second-order valence-corrected chi connectivity index (χ2v) is 6.83. The second kappa shape index (κ2) is 8.60. The van der Waals surface area contributed by atoms with Gasteiger partial charge >= 0.3 is 0 Å². The number of ether oxygens (including phenoxy) is 1. The molecule has 0 aliphatic heterocycles. The van der Waals surface area contributed by atoms with Crippen LogP contribution in [0.4, 0.5) is 5.95 Å². The van der Waals surface area contributed by atoms with E-state index in [1.165, 1.54) is 0 Å². The number of aromatic nitrogens is 4. The zero-order valence-electron chi connectivity index (χ0n) is 16.7. The Labute approximate surface area is 173 Å². The minimum atomic E-state index is -0.451. The molecule has 2 aromatic heterocycles. The maximum Gasteiger partial charge on any atom is 0.280 e. The number of rotatable bonds is 7. The Kier molecular flexibility index (Phi) is 5.56. The van der Waals surface area contributed by atoms with Gasteiger partial charge in [0.15, 0.2) is 5.69 Å². The predicted molar refractivity (Wildman–Crippen MR) is 110 cm³/mol. The molecule has 1 amide bonds. The lowest BCUT2D eigenvalue weighted by Crippen LogP contribution is -2.16. The van der Waals surface area contributed by atoms with Gasteiger partial charge in [-0.15, -0.1) is 5.10 Å². The van der Waals surface area contributed by atoms with Crippen LogP contribution in [-0.2, 0) is 13.2 Å². The van der Waals surface area contributed by atoms with Gasteiger partial charge in [-0.05, 0) is 31.0 Å². The zero-order valence-corrected chi connectivity index (χ0v) is 16.7. The molecule has 0 atom stereocenters. The van der Waals surface area contributed by atoms with E-state index >= 15 is 0 Å². The third-order valence-corrected chi connectivity index (χ3v) is 4.61. The first-order valence-corrected chi connectivity index (χ1v) is 9.48. The Balaban J connectivity index is 1.44. The summed E-state index contributed by atoms with van der Waals surface area (Å²) in [6.07, 6.45) is 1.57. The molecule has 8 heteroatoms. The molecular weight excluding hydrogens is 382 g/mol. The molecule has 30 heavy (non-hydrogen) atoms. The molecule has 1 N–H and O–H groups in total. The van der Waals surface area contributed by atoms with Crippen LogP contribution in [0.25, 0.3) is 0 Å². The molecule has 0 spiro atoms. The van der Waals surface area contributed by atoms with Crippen molar-refractivity contribution in [1.82, 2.24) is 19.9 Å². The summed E-state index contributed by atoms with van der Waals surface area (Å²) in [4.78, 5) is 16.9. The van der Waals surface area contributed by atoms with E-state index in [-0.39, 0.29) is 18.2 Å². The van der Waals surface area contributed by atoms with Crippen LogP contribution in [-0.4, -0.2) is 25.8 Å². The van der Waals surface area contributed by atoms with Crippen LogP contribution in [0.2, 0.25) is 0 Å². The number of hydrogen-bond acceptors (Lipinski definition) is 6. The minimum absolute atomic E-state index is 0.153. The molecule has 0 aliphatic carbocycles. The molecule has 0 fully saturated rings. The molecular formula is C22H21N5O3. The van der Waals surface area contributed by atoms with Gasteiger partial charge in [-0.3, -0.25) is 10.1 Å². The molecule has 8 nitrogen and oxygen atoms in total. The van der Waals surface area contributed by atoms with Crippen LogP contribution in [0.1, 0.15) is 32.9 Å². The summed E-state index contributed by atoms with van der Waals surface area (Å²) in [5.41, 5.74) is 2.83. The Hall–Kier alpha value is -3.94. The van der Waals surface area contributed by atoms with Crippen molar-refractivity contribution in [1.29, 1.82) is 0 Å². The molecule has 4 rings (SSSR count). The summed E-state index contributed by atoms with van der Waals surface area (Å²) in [5.74, 6) is 1.01. The molecule has 0 saturated carbocycles. The van der Waals surface area contributed by atoms with E-state index < -0.39 is 5.91 Å². The van der Waals surface area contributed by atoms with Gasteiger partial charge in [0, 0.05) is 0 Å². The lowest BCUT2D eigenvalue weighted by Gasteiger charge is -2.08. The summed E-state index contributed by atoms with van der Waals surface area (Å²) >= 11 is 0. The normalized spacial score (nSPS) is 10.7. The number of benzene rings is 2. The lowest BCUT2D eigenvalue weighted by atomic mass is 10.2. The lowest BCUT2D eigenvalue weighted by molar-refractivity contribution is 0.101. The monoisotopic (exact) mass is 403 g/mol. The largest absolute Gasteiger partial charge is 0.488 e. The maximum atomic E-state index is 12.7. The van der Waals surface area contributed by atoms with Gasteiger partial charge in [-0.2, -0.15) is 0 Å². The van der Waals surface area contributed by atoms with Gasteiger partial charge in [0.05, 0.1) is 12.1 Å². The maximum absolute atomic E-state index is 12.7. The highest BCUT2D eigenvalue weighted by Gasteiger charge is 2.21. The highest BCUT2D eigenvalue weighted by Crippen LogP contribution is 2.21. The number of anilines is 1. The highest BCUT2D eigenvalue weighted by atomic mass is 16.5. The van der Waals surface area contributed by atoms with Gasteiger partial charge in [-0.1, -0.05) is 53.7 Å². The number of nitrogens with zero attached hydrogens (tertiary/aromatic N) is 4. The Morgan fingerprint density at radius 2 is 1.87 bits per heavy atom. The number of hydrogen-bond donors (Lipinski definition) is 1. The molecule has 0 radical (unpaired) electrons. The number of nitrogens with one attached hydrogen (secondary N) is 1. The van der Waals surface area contributed by atoms with Crippen molar-refractivity contribution in [2.75, 3.05) is 5.32 Å². The highest BCUT2D eigenvalue weighted by molar-refractivity contribution is 6.02. The SMILES string of the molecule is Cc1ccccc1OCc1c(C(=O)Nc2ncn(Cc3ccccc3)n2)noc1C. The van der Waals surface area contributed by atoms with Crippen molar-refractivity contribution < 1.29 is 14.1 Å². The third kappa shape index (κ3) is 4.38. The summed E-state index contributed by atoms with van der Waals surface area (Å²) in [6.45, 7) is 4.43. The Morgan fingerprint density at radius 3 is 2.67 bits per heavy atom. The average Bonchev–Trinajstić information content (AvgIpc) is 3.34. The topological polar surface area (TPSA) is 95.1 Å². The number of para-hydroxylation sites is 1. The fourth-order valence-corrected chi connectivity index (χ4v) is 2.97. The van der Waals surface area contributed by atoms with Crippen molar-refractivity contribution in [2.24, 2.45) is 0 Å². The first-order valence-electron chi connectivity index (χ1n) is 9.48. The zero-order chi connectivity index (χ0) is 20.9. The molecule has 4 aromatic rings. The first-order chi connectivity index (χ1) is 14.6. The standard InChI is InChI=1S/C22H21N5O3/c1-15-8-6-7-11-19(15)29-13-18-16(2)30-26-20(18)21(28)24-22-23-14-27(25-22)12-17-9-4-3-5-10-17/h3-11,14H,12-13H2,1-2H3,(H,24,25,28). The summed E-state index contributed by atoms with van der Waals surface area (Å²) in [7, 11) is 0. The summed E-state index contributed by atoms with van der Waals surface area (Å²) in [6, 6.07) is 17.5. The fourth-order valence-electron chi connectivity index (χ4n) is 2.97. The van der Waals surface area contributed by atoms with E-state index in [1.54, 1.807) is 17.9 Å². The number of aryl methyl sites for hydroxylation is 2. The molecule has 0 aliphatic rings. The van der Waals surface area contributed by atoms with Crippen molar-refractivity contribution in [3.63, 3.8) is 0 Å². The summed E-state index contributed by atoms with van der Waals surface area (Å²) < 4.78 is 12.7. The van der Waals surface area contributed by atoms with E-state index in [1.807, 2.05) is 61.5 Å². The molecule has 0 unspecified atom stereocenters. The molecule has 2 aromatic carbocycles. The molecule has 0 bridgehead atoms. The van der Waals surface area contributed by atoms with Crippen LogP contribution in [0.5, 0.6) is 5.75 Å². The van der Waals surface area contributed by atoms with Crippen molar-refractivity contribution in [3.8, 4) is 5.75 Å². The van der Waals surface area contributed by atoms with Crippen LogP contribution >= 0.6 is 0 Å². The van der Waals surface area contributed by atoms with Crippen LogP contribution < -0.4 is 10.1 Å². The number of carbonyl (C=O) groups excluding carboxylic acids is 1. The Bertz CT molecular complexity index is 1150. The van der Waals surface area contributed by atoms with Crippen LogP contribution in [0.15, 0.2) is 65.4 Å². The predicted octanol–water partition coefficient (Wildman–Crippen LogP) is 3.76. The average molecular weight is 403 g/mol. The molecule has 2 heterocycles. The van der Waals surface area contributed by atoms with Gasteiger partial charge in [0.25, 0.3) is 5.91 Å². The van der Waals surface area contributed by atoms with E-state index in [9.17, 15) is 4.79 Å². The second-order valence-electron chi connectivity index (χ2n) is 6.83. The van der Waals surface area contributed by atoms with Gasteiger partial charge in [0.1, 0.15) is 24.4 Å². The van der Waals surface area contributed by atoms with Crippen molar-refractivity contribution >= 4 is 11.9 Å². The van der Waals surface area contributed by atoms with E-state index in [0.29, 0.717) is 17.9 Å². The minimum Gasteiger partial charge on any atom is -0.488 e. The molecule has 0 saturated heterocycles. The van der Waals surface area contributed by atoms with Gasteiger partial charge in [-0.25, -0.2) is 9.67 Å². The molecule has 152 valence electrons. The van der Waals surface area contributed by atoms with E-state index in [2.05, 4.69) is 20.6 Å². The smallest absolute Gasteiger partial charge is 0.280 e. The number of amides is 1. The Morgan fingerprint density at radius 1 is 1.10 bits per heavy atom. The quantitative estimate of drug-likeness (QED) is 0.505. The fraction of sp³-hybridized carbons (Fsp3) is 0.182.